The smallest absolute Gasteiger partial charge is 0.0942 e. The molecule has 2 heteroatoms. The van der Waals surface area contributed by atoms with Crippen LogP contribution < -0.4 is 0 Å². The minimum atomic E-state index is -0.366. The average molecular weight is 273 g/mol. The monoisotopic (exact) mass is 273 g/mol. The van der Waals surface area contributed by atoms with Crippen LogP contribution in [0.5, 0.6) is 0 Å². The Bertz CT molecular complexity index is 441. The molecule has 4 atom stereocenters. The molecule has 1 saturated heterocycles. The zero-order valence-corrected chi connectivity index (χ0v) is 12.8. The number of hydrogen-bond donors (Lipinski definition) is 1. The Labute approximate surface area is 122 Å². The fourth-order valence-electron chi connectivity index (χ4n) is 4.22. The van der Waals surface area contributed by atoms with Gasteiger partial charge < -0.3 is 5.11 Å². The van der Waals surface area contributed by atoms with Crippen LogP contribution in [0.4, 0.5) is 0 Å². The highest BCUT2D eigenvalue weighted by atomic mass is 16.3. The molecule has 0 spiro atoms. The number of likely N-dealkylation sites (tertiary alicyclic amines) is 1. The second-order valence-electron chi connectivity index (χ2n) is 6.73. The van der Waals surface area contributed by atoms with E-state index >= 15 is 0 Å². The highest BCUT2D eigenvalue weighted by Crippen LogP contribution is 2.39. The van der Waals surface area contributed by atoms with E-state index in [-0.39, 0.29) is 12.1 Å². The normalized spacial score (nSPS) is 29.9. The number of benzene rings is 1. The molecule has 0 bridgehead atoms. The largest absolute Gasteiger partial charge is 0.387 e. The molecule has 1 aliphatic carbocycles. The van der Waals surface area contributed by atoms with Crippen LogP contribution in [0, 0.1) is 12.8 Å². The number of piperidine rings is 1. The molecule has 1 aromatic rings. The molecule has 110 valence electrons. The highest BCUT2D eigenvalue weighted by Gasteiger charge is 2.38. The Hall–Kier alpha value is -0.860. The van der Waals surface area contributed by atoms with E-state index in [9.17, 15) is 5.11 Å². The third-order valence-electron chi connectivity index (χ3n) is 5.44. The Balaban J connectivity index is 1.73. The van der Waals surface area contributed by atoms with Crippen molar-refractivity contribution >= 4 is 0 Å². The van der Waals surface area contributed by atoms with E-state index < -0.39 is 0 Å². The summed E-state index contributed by atoms with van der Waals surface area (Å²) in [5.74, 6) is 0.886. The average Bonchev–Trinajstić information content (AvgIpc) is 2.95. The topological polar surface area (TPSA) is 23.5 Å². The molecule has 1 saturated carbocycles. The van der Waals surface area contributed by atoms with Crippen LogP contribution in [0.1, 0.15) is 56.3 Å². The molecule has 1 aliphatic heterocycles. The Kier molecular flexibility index (Phi) is 4.13. The van der Waals surface area contributed by atoms with Crippen molar-refractivity contribution < 1.29 is 5.11 Å². The van der Waals surface area contributed by atoms with Gasteiger partial charge in [-0.15, -0.1) is 0 Å². The van der Waals surface area contributed by atoms with Gasteiger partial charge in [-0.2, -0.15) is 0 Å². The lowest BCUT2D eigenvalue weighted by Crippen LogP contribution is -2.49. The van der Waals surface area contributed by atoms with Gasteiger partial charge in [-0.25, -0.2) is 0 Å². The summed E-state index contributed by atoms with van der Waals surface area (Å²) in [4.78, 5) is 2.59. The lowest BCUT2D eigenvalue weighted by atomic mass is 9.89. The van der Waals surface area contributed by atoms with E-state index in [2.05, 4.69) is 43.0 Å². The van der Waals surface area contributed by atoms with E-state index in [1.54, 1.807) is 0 Å². The first-order chi connectivity index (χ1) is 9.66. The van der Waals surface area contributed by atoms with E-state index in [1.807, 2.05) is 0 Å². The lowest BCUT2D eigenvalue weighted by molar-refractivity contribution is 0.00223. The van der Waals surface area contributed by atoms with Gasteiger partial charge in [-0.3, -0.25) is 4.90 Å². The van der Waals surface area contributed by atoms with E-state index in [1.165, 1.54) is 37.7 Å². The number of aryl methyl sites for hydroxylation is 1. The van der Waals surface area contributed by atoms with Crippen molar-refractivity contribution in [3.63, 3.8) is 0 Å². The summed E-state index contributed by atoms with van der Waals surface area (Å²) in [5, 5.41) is 10.7. The number of rotatable bonds is 3. The second-order valence-corrected chi connectivity index (χ2v) is 6.73. The van der Waals surface area contributed by atoms with Gasteiger partial charge in [0.25, 0.3) is 0 Å². The summed E-state index contributed by atoms with van der Waals surface area (Å²) in [7, 11) is 0. The predicted molar refractivity (Wildman–Crippen MR) is 82.7 cm³/mol. The highest BCUT2D eigenvalue weighted by molar-refractivity contribution is 5.24. The van der Waals surface area contributed by atoms with Crippen molar-refractivity contribution in [2.75, 3.05) is 6.54 Å². The van der Waals surface area contributed by atoms with Gasteiger partial charge in [0.2, 0.25) is 0 Å². The maximum atomic E-state index is 10.7. The molecule has 3 rings (SSSR count). The number of hydrogen-bond acceptors (Lipinski definition) is 2. The van der Waals surface area contributed by atoms with Crippen molar-refractivity contribution in [2.45, 2.75) is 64.1 Å². The molecule has 2 aliphatic rings. The van der Waals surface area contributed by atoms with Crippen LogP contribution >= 0.6 is 0 Å². The standard InChI is InChI=1S/C18H27NO/c1-13-8-10-16(11-9-13)18(20)14(2)19-12-4-6-15-5-3-7-17(15)19/h8-11,14-15,17-18,20H,3-7,12H2,1-2H3. The third-order valence-corrected chi connectivity index (χ3v) is 5.44. The van der Waals surface area contributed by atoms with Crippen LogP contribution in [-0.4, -0.2) is 28.6 Å². The van der Waals surface area contributed by atoms with Crippen molar-refractivity contribution in [2.24, 2.45) is 5.92 Å². The molecule has 0 amide bonds. The molecular formula is C18H27NO. The zero-order chi connectivity index (χ0) is 14.1. The van der Waals surface area contributed by atoms with Crippen molar-refractivity contribution in [3.8, 4) is 0 Å². The number of nitrogens with zero attached hydrogens (tertiary/aromatic N) is 1. The van der Waals surface area contributed by atoms with Crippen LogP contribution in [0.2, 0.25) is 0 Å². The Morgan fingerprint density at radius 2 is 1.80 bits per heavy atom. The fraction of sp³-hybridized carbons (Fsp3) is 0.667. The number of aliphatic hydroxyl groups excluding tert-OH is 1. The SMILES string of the molecule is Cc1ccc(C(O)C(C)N2CCCC3CCCC32)cc1. The van der Waals surface area contributed by atoms with Gasteiger partial charge >= 0.3 is 0 Å². The van der Waals surface area contributed by atoms with Crippen LogP contribution in [0.3, 0.4) is 0 Å². The number of fused-ring (bicyclic) bond motifs is 1. The first-order valence-electron chi connectivity index (χ1n) is 8.17. The molecule has 2 fully saturated rings. The quantitative estimate of drug-likeness (QED) is 0.908. The van der Waals surface area contributed by atoms with E-state index in [0.717, 1.165) is 24.1 Å². The first kappa shape index (κ1) is 14.1. The van der Waals surface area contributed by atoms with Crippen LogP contribution in [-0.2, 0) is 0 Å². The summed E-state index contributed by atoms with van der Waals surface area (Å²) in [5.41, 5.74) is 2.31. The summed E-state index contributed by atoms with van der Waals surface area (Å²) >= 11 is 0. The van der Waals surface area contributed by atoms with Gasteiger partial charge in [0.05, 0.1) is 6.10 Å². The fourth-order valence-corrected chi connectivity index (χ4v) is 4.22. The lowest BCUT2D eigenvalue weighted by Gasteiger charge is -2.43. The second kappa shape index (κ2) is 5.87. The molecule has 20 heavy (non-hydrogen) atoms. The summed E-state index contributed by atoms with van der Waals surface area (Å²) < 4.78 is 0. The molecule has 1 aromatic carbocycles. The minimum absolute atomic E-state index is 0.226. The van der Waals surface area contributed by atoms with Gasteiger partial charge in [-0.05, 0) is 57.6 Å². The summed E-state index contributed by atoms with van der Waals surface area (Å²) in [6, 6.07) is 9.29. The van der Waals surface area contributed by atoms with Crippen LogP contribution in [0.15, 0.2) is 24.3 Å². The Morgan fingerprint density at radius 3 is 2.55 bits per heavy atom. The maximum absolute atomic E-state index is 10.7. The first-order valence-corrected chi connectivity index (χ1v) is 8.17. The van der Waals surface area contributed by atoms with Gasteiger partial charge in [-0.1, -0.05) is 36.2 Å². The molecule has 1 heterocycles. The summed E-state index contributed by atoms with van der Waals surface area (Å²) in [6.07, 6.45) is 6.43. The van der Waals surface area contributed by atoms with Gasteiger partial charge in [0.1, 0.15) is 0 Å². The van der Waals surface area contributed by atoms with Crippen molar-refractivity contribution in [3.05, 3.63) is 35.4 Å². The van der Waals surface area contributed by atoms with Gasteiger partial charge in [0, 0.05) is 12.1 Å². The van der Waals surface area contributed by atoms with Crippen molar-refractivity contribution in [1.29, 1.82) is 0 Å². The van der Waals surface area contributed by atoms with Crippen LogP contribution in [0.25, 0.3) is 0 Å². The van der Waals surface area contributed by atoms with Gasteiger partial charge in [0.15, 0.2) is 0 Å². The molecule has 2 nitrogen and oxygen atoms in total. The molecule has 1 N–H and O–H groups in total. The Morgan fingerprint density at radius 1 is 1.10 bits per heavy atom. The number of aliphatic hydroxyl groups is 1. The summed E-state index contributed by atoms with van der Waals surface area (Å²) in [6.45, 7) is 5.45. The molecule has 0 radical (unpaired) electrons. The zero-order valence-electron chi connectivity index (χ0n) is 12.8. The van der Waals surface area contributed by atoms with E-state index in [0.29, 0.717) is 0 Å². The molecular weight excluding hydrogens is 246 g/mol. The molecule has 4 unspecified atom stereocenters. The van der Waals surface area contributed by atoms with Crippen molar-refractivity contribution in [1.82, 2.24) is 4.90 Å². The minimum Gasteiger partial charge on any atom is -0.387 e. The van der Waals surface area contributed by atoms with E-state index in [4.69, 9.17) is 0 Å². The predicted octanol–water partition coefficient (Wildman–Crippen LogP) is 3.68. The molecule has 0 aromatic heterocycles. The third kappa shape index (κ3) is 2.64. The maximum Gasteiger partial charge on any atom is 0.0942 e.